The number of halogens is 2. The third-order valence-corrected chi connectivity index (χ3v) is 12.1. The Morgan fingerprint density at radius 3 is 1.93 bits per heavy atom. The van der Waals surface area contributed by atoms with Crippen LogP contribution < -0.4 is 15.5 Å². The van der Waals surface area contributed by atoms with Crippen molar-refractivity contribution in [2.45, 2.75) is 90.6 Å². The summed E-state index contributed by atoms with van der Waals surface area (Å²) in [5.74, 6) is 4.36. The van der Waals surface area contributed by atoms with Crippen molar-refractivity contribution in [3.8, 4) is 22.8 Å². The lowest BCUT2D eigenvalue weighted by molar-refractivity contribution is -0.0532. The van der Waals surface area contributed by atoms with Crippen molar-refractivity contribution in [1.82, 2.24) is 64.0 Å². The molecular weight excluding hydrogens is 775 g/mol. The number of hydrogen-bond acceptors (Lipinski definition) is 15. The summed E-state index contributed by atoms with van der Waals surface area (Å²) in [5.41, 5.74) is 10.4. The van der Waals surface area contributed by atoms with Crippen LogP contribution in [0.25, 0.3) is 56.3 Å². The molecule has 3 atom stereocenters. The fourth-order valence-corrected chi connectivity index (χ4v) is 9.06. The number of ether oxygens (including phenoxy) is 2. The van der Waals surface area contributed by atoms with Gasteiger partial charge in [0, 0.05) is 55.7 Å². The van der Waals surface area contributed by atoms with Gasteiger partial charge in [-0.1, -0.05) is 7.43 Å². The summed E-state index contributed by atoms with van der Waals surface area (Å²) >= 11 is 0. The Bertz CT molecular complexity index is 2780. The maximum atomic E-state index is 14.2. The Hall–Kier alpha value is -6.02. The van der Waals surface area contributed by atoms with Gasteiger partial charge in [-0.2, -0.15) is 0 Å². The molecule has 0 radical (unpaired) electrons. The van der Waals surface area contributed by atoms with Gasteiger partial charge in [-0.15, -0.1) is 0 Å². The minimum absolute atomic E-state index is 0. The first kappa shape index (κ1) is 38.2. The van der Waals surface area contributed by atoms with Crippen LogP contribution in [0.4, 0.5) is 26.4 Å². The van der Waals surface area contributed by atoms with E-state index in [0.29, 0.717) is 86.6 Å². The molecule has 60 heavy (non-hydrogen) atoms. The quantitative estimate of drug-likeness (QED) is 0.243. The van der Waals surface area contributed by atoms with Crippen LogP contribution in [-0.4, -0.2) is 115 Å². The van der Waals surface area contributed by atoms with Crippen LogP contribution in [0.15, 0.2) is 31.0 Å². The zero-order chi connectivity index (χ0) is 40.4. The summed E-state index contributed by atoms with van der Waals surface area (Å²) < 4.78 is 43.8. The number of imidazole rings is 3. The molecule has 18 nitrogen and oxygen atoms in total. The van der Waals surface area contributed by atoms with Gasteiger partial charge in [-0.3, -0.25) is 0 Å². The molecule has 312 valence electrons. The number of anilines is 3. The lowest BCUT2D eigenvalue weighted by Crippen LogP contribution is -2.49. The first-order chi connectivity index (χ1) is 28.4. The zero-order valence-electron chi connectivity index (χ0n) is 33.0. The molecule has 7 aromatic rings. The van der Waals surface area contributed by atoms with Gasteiger partial charge in [0.2, 0.25) is 5.95 Å². The van der Waals surface area contributed by atoms with E-state index < -0.39 is 23.5 Å². The van der Waals surface area contributed by atoms with Crippen molar-refractivity contribution in [2.75, 3.05) is 48.4 Å². The molecule has 2 saturated heterocycles. The molecule has 0 amide bonds. The molecule has 3 N–H and O–H groups in total. The highest BCUT2D eigenvalue weighted by Gasteiger charge is 2.47. The smallest absolute Gasteiger partial charge is 0.219 e. The average molecular weight is 821 g/mol. The van der Waals surface area contributed by atoms with Crippen molar-refractivity contribution < 1.29 is 18.3 Å². The van der Waals surface area contributed by atoms with E-state index in [4.69, 9.17) is 45.1 Å². The molecular formula is C40H46F2N16O2. The minimum Gasteiger partial charge on any atom is -0.368 e. The minimum atomic E-state index is -0.844. The van der Waals surface area contributed by atoms with Crippen molar-refractivity contribution in [2.24, 2.45) is 5.92 Å². The molecule has 1 saturated carbocycles. The van der Waals surface area contributed by atoms with Crippen LogP contribution >= 0.6 is 0 Å². The summed E-state index contributed by atoms with van der Waals surface area (Å²) in [5, 5.41) is 0. The number of aromatic amines is 1. The Morgan fingerprint density at radius 1 is 0.733 bits per heavy atom. The molecule has 5 aliphatic rings. The molecule has 0 spiro atoms. The van der Waals surface area contributed by atoms with Gasteiger partial charge in [-0.05, 0) is 46.6 Å². The number of nitrogen functional groups attached to an aromatic ring is 1. The number of aromatic nitrogens is 13. The number of piperidine rings is 1. The fraction of sp³-hybridized carbons (Fsp3) is 0.500. The van der Waals surface area contributed by atoms with Crippen LogP contribution in [0.5, 0.6) is 0 Å². The Balaban J connectivity index is 0.000000142. The highest BCUT2D eigenvalue weighted by Crippen LogP contribution is 2.44. The average Bonchev–Trinajstić information content (AvgIpc) is 4.05. The van der Waals surface area contributed by atoms with E-state index in [2.05, 4.69) is 39.0 Å². The lowest BCUT2D eigenvalue weighted by atomic mass is 10.1. The maximum Gasteiger partial charge on any atom is 0.219 e. The maximum absolute atomic E-state index is 14.2. The number of rotatable bonds is 4. The second kappa shape index (κ2) is 13.8. The third kappa shape index (κ3) is 6.09. The van der Waals surface area contributed by atoms with E-state index in [0.717, 1.165) is 51.8 Å². The predicted molar refractivity (Wildman–Crippen MR) is 220 cm³/mol. The molecule has 3 fully saturated rings. The Morgan fingerprint density at radius 2 is 1.33 bits per heavy atom. The first-order valence-corrected chi connectivity index (χ1v) is 19.9. The van der Waals surface area contributed by atoms with Crippen molar-refractivity contribution in [3.05, 3.63) is 42.6 Å². The molecule has 12 rings (SSSR count). The van der Waals surface area contributed by atoms with Crippen molar-refractivity contribution >= 4 is 51.1 Å². The normalized spacial score (nSPS) is 22.7. The second-order valence-electron chi connectivity index (χ2n) is 16.9. The largest absolute Gasteiger partial charge is 0.368 e. The number of H-pyrrole nitrogens is 1. The van der Waals surface area contributed by atoms with E-state index in [1.807, 2.05) is 38.7 Å². The highest BCUT2D eigenvalue weighted by atomic mass is 19.1. The van der Waals surface area contributed by atoms with E-state index in [9.17, 15) is 8.78 Å². The van der Waals surface area contributed by atoms with Crippen LogP contribution in [0.2, 0.25) is 0 Å². The SMILES string of the molecule is C.CC1(C)OCCn2c1nc1c(N3CC(F)C3)nc(-c3cnc4nc[nH]c4c3)nc12.CC1(C)OCCn2c1nc1c(N3CC4CC3C[C@@H]4F)nc(-c3cnc(N)nc3)nc12. The van der Waals surface area contributed by atoms with Gasteiger partial charge < -0.3 is 39.1 Å². The first-order valence-electron chi connectivity index (χ1n) is 19.9. The predicted octanol–water partition coefficient (Wildman–Crippen LogP) is 4.89. The number of nitrogens with zero attached hydrogens (tertiary/aromatic N) is 14. The van der Waals surface area contributed by atoms with Gasteiger partial charge >= 0.3 is 0 Å². The summed E-state index contributed by atoms with van der Waals surface area (Å²) in [7, 11) is 0. The Labute approximate surface area is 343 Å². The van der Waals surface area contributed by atoms with E-state index in [1.165, 1.54) is 0 Å². The number of alkyl halides is 2. The highest BCUT2D eigenvalue weighted by molar-refractivity contribution is 5.88. The van der Waals surface area contributed by atoms with Crippen molar-refractivity contribution in [1.29, 1.82) is 0 Å². The molecule has 1 aliphatic carbocycles. The van der Waals surface area contributed by atoms with Crippen LogP contribution in [0.1, 0.15) is 59.6 Å². The lowest BCUT2D eigenvalue weighted by Gasteiger charge is -2.35. The monoisotopic (exact) mass is 820 g/mol. The molecule has 4 aliphatic heterocycles. The molecule has 2 unspecified atom stereocenters. The fourth-order valence-electron chi connectivity index (χ4n) is 9.06. The molecule has 2 bridgehead atoms. The number of pyridine rings is 1. The number of nitrogens with one attached hydrogen (secondary N) is 1. The molecule has 0 aromatic carbocycles. The second-order valence-corrected chi connectivity index (χ2v) is 16.9. The Kier molecular flexibility index (Phi) is 8.76. The third-order valence-electron chi connectivity index (χ3n) is 12.1. The van der Waals surface area contributed by atoms with Gasteiger partial charge in [0.1, 0.15) is 35.2 Å². The summed E-state index contributed by atoms with van der Waals surface area (Å²) in [6.45, 7) is 11.8. The zero-order valence-corrected chi connectivity index (χ0v) is 33.0. The number of hydrogen-bond donors (Lipinski definition) is 2. The van der Waals surface area contributed by atoms with E-state index in [-0.39, 0.29) is 25.3 Å². The topological polar surface area (TPSA) is 206 Å². The number of fused-ring (bicyclic) bond motifs is 9. The van der Waals surface area contributed by atoms with Crippen molar-refractivity contribution in [3.63, 3.8) is 0 Å². The van der Waals surface area contributed by atoms with Crippen LogP contribution in [0.3, 0.4) is 0 Å². The van der Waals surface area contributed by atoms with E-state index in [1.54, 1.807) is 24.9 Å². The standard InChI is InChI=1S/C20H23FN8O.C19H19FN8O.CH4/c1-20(2)18-25-14-16(28(18)3-4-30-20)26-15(11-7-23-19(22)24-8-11)27-17(14)29-9-10-5-12(29)6-13(10)21;1-19(2)18-24-13-16(27-7-11(20)8-27)25-14(26-17(13)28(18)3-4-29-19)10-5-12-15(21-6-10)23-9-22-12;/h7-8,10,12-13H,3-6,9H2,1-2H3,(H2,22,23,24);5-6,9,11H,3-4,7-8H2,1-2H3,(H,21,22,23);1H4/t10?,12?,13-;;/m0../s1. The number of nitrogens with two attached hydrogens (primary N) is 1. The summed E-state index contributed by atoms with van der Waals surface area (Å²) in [4.78, 5) is 53.0. The summed E-state index contributed by atoms with van der Waals surface area (Å²) in [6, 6.07) is 2.07. The van der Waals surface area contributed by atoms with Gasteiger partial charge in [0.15, 0.2) is 51.3 Å². The molecule has 20 heteroatoms. The van der Waals surface area contributed by atoms with Crippen LogP contribution in [-0.2, 0) is 33.8 Å². The molecule has 7 aromatic heterocycles. The van der Waals surface area contributed by atoms with E-state index >= 15 is 0 Å². The van der Waals surface area contributed by atoms with Gasteiger partial charge in [-0.25, -0.2) is 58.6 Å². The summed E-state index contributed by atoms with van der Waals surface area (Å²) in [6.07, 6.45) is 6.40. The van der Waals surface area contributed by atoms with Gasteiger partial charge in [0.25, 0.3) is 0 Å². The van der Waals surface area contributed by atoms with Gasteiger partial charge in [0.05, 0.1) is 43.7 Å². The molecule has 11 heterocycles. The van der Waals surface area contributed by atoms with Crippen LogP contribution in [0, 0.1) is 5.92 Å².